The molecule has 7 heteroatoms. The number of hydrogen-bond donors (Lipinski definition) is 1. The van der Waals surface area contributed by atoms with E-state index in [0.717, 1.165) is 54.3 Å². The molecular weight excluding hydrogens is 382 g/mol. The van der Waals surface area contributed by atoms with Crippen LogP contribution in [-0.4, -0.2) is 23.4 Å². The van der Waals surface area contributed by atoms with Gasteiger partial charge in [0, 0.05) is 11.5 Å². The molecule has 2 fully saturated rings. The lowest BCUT2D eigenvalue weighted by atomic mass is 10.0. The van der Waals surface area contributed by atoms with Crippen molar-refractivity contribution in [2.24, 2.45) is 0 Å². The maximum absolute atomic E-state index is 6.23. The zero-order valence-electron chi connectivity index (χ0n) is 17.6. The second kappa shape index (κ2) is 7.95. The highest BCUT2D eigenvalue weighted by Crippen LogP contribution is 2.39. The average Bonchev–Trinajstić information content (AvgIpc) is 3.54. The Morgan fingerprint density at radius 2 is 1.83 bits per heavy atom. The van der Waals surface area contributed by atoms with E-state index in [1.165, 1.54) is 25.7 Å². The number of ether oxygens (including phenoxy) is 2. The summed E-state index contributed by atoms with van der Waals surface area (Å²) in [5.41, 5.74) is 4.07. The zero-order chi connectivity index (χ0) is 20.6. The van der Waals surface area contributed by atoms with Crippen LogP contribution in [0.5, 0.6) is 11.5 Å². The van der Waals surface area contributed by atoms with Gasteiger partial charge in [-0.2, -0.15) is 4.98 Å². The van der Waals surface area contributed by atoms with Gasteiger partial charge < -0.3 is 14.0 Å². The molecule has 0 amide bonds. The predicted molar refractivity (Wildman–Crippen MR) is 111 cm³/mol. The van der Waals surface area contributed by atoms with Crippen LogP contribution >= 0.6 is 0 Å². The van der Waals surface area contributed by atoms with Crippen LogP contribution in [0.4, 0.5) is 0 Å². The summed E-state index contributed by atoms with van der Waals surface area (Å²) < 4.78 is 17.3. The summed E-state index contributed by atoms with van der Waals surface area (Å²) in [4.78, 5) is 10.6. The molecule has 0 spiro atoms. The van der Waals surface area contributed by atoms with Gasteiger partial charge in [0.25, 0.3) is 0 Å². The van der Waals surface area contributed by atoms with Crippen LogP contribution in [0.3, 0.4) is 0 Å². The quantitative estimate of drug-likeness (QED) is 0.728. The molecule has 1 aromatic carbocycles. The summed E-state index contributed by atoms with van der Waals surface area (Å²) in [6.07, 6.45) is 11.6. The Morgan fingerprint density at radius 1 is 1.07 bits per heavy atom. The first-order valence-corrected chi connectivity index (χ1v) is 11.0. The van der Waals surface area contributed by atoms with Crippen molar-refractivity contribution in [2.75, 3.05) is 7.11 Å². The van der Waals surface area contributed by atoms with Crippen LogP contribution in [0.15, 0.2) is 28.8 Å². The van der Waals surface area contributed by atoms with Crippen molar-refractivity contribution in [1.29, 1.82) is 0 Å². The van der Waals surface area contributed by atoms with Gasteiger partial charge in [0.2, 0.25) is 11.7 Å². The molecule has 0 radical (unpaired) electrons. The maximum Gasteiger partial charge on any atom is 0.229 e. The van der Waals surface area contributed by atoms with E-state index in [-0.39, 0.29) is 6.10 Å². The van der Waals surface area contributed by atoms with E-state index in [1.807, 2.05) is 31.2 Å². The van der Waals surface area contributed by atoms with Crippen LogP contribution < -0.4 is 15.0 Å². The maximum atomic E-state index is 6.23. The van der Waals surface area contributed by atoms with Crippen LogP contribution in [0, 0.1) is 0 Å². The highest BCUT2D eigenvalue weighted by atomic mass is 16.7. The molecule has 1 aromatic heterocycles. The van der Waals surface area contributed by atoms with Crippen molar-refractivity contribution < 1.29 is 18.8 Å². The van der Waals surface area contributed by atoms with Gasteiger partial charge in [0.15, 0.2) is 17.1 Å². The summed E-state index contributed by atoms with van der Waals surface area (Å²) in [6.45, 7) is 1.94. The van der Waals surface area contributed by atoms with Gasteiger partial charge in [-0.1, -0.05) is 18.0 Å². The summed E-state index contributed by atoms with van der Waals surface area (Å²) in [5, 5.41) is 4.22. The van der Waals surface area contributed by atoms with E-state index < -0.39 is 5.60 Å². The predicted octanol–water partition coefficient (Wildman–Crippen LogP) is 4.85. The minimum Gasteiger partial charge on any atom is -0.493 e. The Kier molecular flexibility index (Phi) is 5.15. The molecule has 1 atom stereocenters. The number of aromatic nitrogens is 2. The molecular formula is C23H29N3O4. The van der Waals surface area contributed by atoms with E-state index in [4.69, 9.17) is 18.8 Å². The van der Waals surface area contributed by atoms with Crippen LogP contribution in [0.1, 0.15) is 81.5 Å². The van der Waals surface area contributed by atoms with E-state index >= 15 is 0 Å². The highest BCUT2D eigenvalue weighted by molar-refractivity contribution is 5.68. The topological polar surface area (TPSA) is 78.6 Å². The third-order valence-corrected chi connectivity index (χ3v) is 6.45. The monoisotopic (exact) mass is 411 g/mol. The second-order valence-corrected chi connectivity index (χ2v) is 8.70. The Bertz CT molecular complexity index is 928. The number of nitrogens with zero attached hydrogens (tertiary/aromatic N) is 2. The number of hydrogen-bond acceptors (Lipinski definition) is 7. The number of methoxy groups -OCH3 is 1. The van der Waals surface area contributed by atoms with Crippen molar-refractivity contribution in [3.8, 4) is 11.5 Å². The number of hydroxylamine groups is 1. The first-order chi connectivity index (χ1) is 14.6. The lowest BCUT2D eigenvalue weighted by Gasteiger charge is -2.17. The third kappa shape index (κ3) is 3.67. The van der Waals surface area contributed by atoms with Gasteiger partial charge in [0.05, 0.1) is 18.9 Å². The number of benzene rings is 1. The molecule has 2 heterocycles. The van der Waals surface area contributed by atoms with Gasteiger partial charge in [0.1, 0.15) is 0 Å². The second-order valence-electron chi connectivity index (χ2n) is 8.70. The molecule has 7 nitrogen and oxygen atoms in total. The van der Waals surface area contributed by atoms with Crippen molar-refractivity contribution in [3.63, 3.8) is 0 Å². The molecule has 2 saturated carbocycles. The fourth-order valence-electron chi connectivity index (χ4n) is 4.65. The first-order valence-electron chi connectivity index (χ1n) is 11.0. The molecule has 30 heavy (non-hydrogen) atoms. The van der Waals surface area contributed by atoms with Gasteiger partial charge in [-0.25, -0.2) is 0 Å². The fraction of sp³-hybridized carbons (Fsp3) is 0.565. The average molecular weight is 412 g/mol. The fourth-order valence-corrected chi connectivity index (χ4v) is 4.65. The third-order valence-electron chi connectivity index (χ3n) is 6.45. The Balaban J connectivity index is 1.38. The first kappa shape index (κ1) is 19.4. The van der Waals surface area contributed by atoms with E-state index in [1.54, 1.807) is 7.11 Å². The van der Waals surface area contributed by atoms with Crippen LogP contribution in [-0.2, 0) is 10.4 Å². The van der Waals surface area contributed by atoms with Crippen molar-refractivity contribution >= 4 is 5.70 Å². The molecule has 3 aliphatic rings. The summed E-state index contributed by atoms with van der Waals surface area (Å²) in [5.74, 6) is 3.16. The summed E-state index contributed by atoms with van der Waals surface area (Å²) in [6, 6.07) is 5.93. The number of rotatable bonds is 6. The highest BCUT2D eigenvalue weighted by Gasteiger charge is 2.38. The summed E-state index contributed by atoms with van der Waals surface area (Å²) in [7, 11) is 1.67. The molecule has 1 unspecified atom stereocenters. The molecule has 0 bridgehead atoms. The van der Waals surface area contributed by atoms with Crippen molar-refractivity contribution in [3.05, 3.63) is 41.6 Å². The molecule has 2 aliphatic carbocycles. The summed E-state index contributed by atoms with van der Waals surface area (Å²) >= 11 is 0. The van der Waals surface area contributed by atoms with Crippen LogP contribution in [0.2, 0.25) is 0 Å². The molecule has 0 saturated heterocycles. The van der Waals surface area contributed by atoms with Gasteiger partial charge in [-0.3, -0.25) is 10.3 Å². The zero-order valence-corrected chi connectivity index (χ0v) is 17.6. The molecule has 5 rings (SSSR count). The normalized spacial score (nSPS) is 24.8. The van der Waals surface area contributed by atoms with Crippen molar-refractivity contribution in [2.45, 2.75) is 75.9 Å². The Labute approximate surface area is 176 Å². The lowest BCUT2D eigenvalue weighted by molar-refractivity contribution is -0.0319. The molecule has 1 aliphatic heterocycles. The lowest BCUT2D eigenvalue weighted by Crippen LogP contribution is -2.24. The van der Waals surface area contributed by atoms with E-state index in [0.29, 0.717) is 11.7 Å². The molecule has 1 N–H and O–H groups in total. The SMILES string of the molecule is COc1ccc(C2=CC(C)(c3noc(C4CCCC4)n3)ON2)cc1OC1CCCC1. The van der Waals surface area contributed by atoms with E-state index in [2.05, 4.69) is 15.6 Å². The van der Waals surface area contributed by atoms with Gasteiger partial charge >= 0.3 is 0 Å². The molecule has 160 valence electrons. The van der Waals surface area contributed by atoms with Crippen LogP contribution in [0.25, 0.3) is 5.70 Å². The molecule has 2 aromatic rings. The van der Waals surface area contributed by atoms with Gasteiger partial charge in [-0.15, -0.1) is 0 Å². The smallest absolute Gasteiger partial charge is 0.229 e. The number of nitrogens with one attached hydrogen (secondary N) is 1. The Hall–Kier alpha value is -2.54. The van der Waals surface area contributed by atoms with E-state index in [9.17, 15) is 0 Å². The minimum atomic E-state index is -0.790. The largest absolute Gasteiger partial charge is 0.493 e. The van der Waals surface area contributed by atoms with Gasteiger partial charge in [-0.05, 0) is 69.7 Å². The minimum absolute atomic E-state index is 0.259. The standard InChI is InChI=1S/C23H29N3O4/c1-23(22-24-21(29-26-22)15-7-3-4-8-15)14-18(25-30-23)16-11-12-19(27-2)20(13-16)28-17-9-5-6-10-17/h11-15,17,25H,3-10H2,1-2H3. The Morgan fingerprint density at radius 3 is 2.60 bits per heavy atom. The van der Waals surface area contributed by atoms with Crippen molar-refractivity contribution in [1.82, 2.24) is 15.6 Å².